The van der Waals surface area contributed by atoms with Gasteiger partial charge in [-0.15, -0.1) is 5.11 Å². The average Bonchev–Trinajstić information content (AvgIpc) is 2.83. The van der Waals surface area contributed by atoms with E-state index in [1.807, 2.05) is 18.2 Å². The average molecular weight is 430 g/mol. The number of carbonyl (C=O) groups is 2. The molecule has 0 heterocycles. The Labute approximate surface area is 185 Å². The van der Waals surface area contributed by atoms with Crippen molar-refractivity contribution in [2.24, 2.45) is 10.2 Å². The van der Waals surface area contributed by atoms with Crippen LogP contribution < -0.4 is 4.74 Å². The summed E-state index contributed by atoms with van der Waals surface area (Å²) in [5.41, 5.74) is 2.42. The second kappa shape index (κ2) is 10.7. The number of phenols is 1. The molecule has 3 aromatic rings. The van der Waals surface area contributed by atoms with Crippen LogP contribution >= 0.6 is 0 Å². The quantitative estimate of drug-likeness (QED) is 0.214. The summed E-state index contributed by atoms with van der Waals surface area (Å²) in [6.45, 7) is 3.61. The maximum atomic E-state index is 12.8. The van der Waals surface area contributed by atoms with Gasteiger partial charge in [0.2, 0.25) is 0 Å². The zero-order chi connectivity index (χ0) is 22.9. The molecule has 0 saturated carbocycles. The highest BCUT2D eigenvalue weighted by Gasteiger charge is 2.17. The zero-order valence-corrected chi connectivity index (χ0v) is 17.5. The second-order valence-electron chi connectivity index (χ2n) is 6.72. The summed E-state index contributed by atoms with van der Waals surface area (Å²) < 4.78 is 10.2. The van der Waals surface area contributed by atoms with E-state index >= 15 is 0 Å². The van der Waals surface area contributed by atoms with Crippen LogP contribution in [0.15, 0.2) is 89.6 Å². The molecule has 0 aliphatic carbocycles. The maximum absolute atomic E-state index is 12.8. The Morgan fingerprint density at radius 2 is 1.75 bits per heavy atom. The van der Waals surface area contributed by atoms with E-state index < -0.39 is 5.97 Å². The fourth-order valence-corrected chi connectivity index (χ4v) is 2.90. The molecule has 0 bridgehead atoms. The number of carbonyl (C=O) groups excluding carboxylic acids is 2. The first-order chi connectivity index (χ1) is 15.5. The number of esters is 1. The smallest absolute Gasteiger partial charge is 0.330 e. The molecule has 3 rings (SSSR count). The van der Waals surface area contributed by atoms with Crippen molar-refractivity contribution in [1.82, 2.24) is 0 Å². The summed E-state index contributed by atoms with van der Waals surface area (Å²) >= 11 is 0. The number of ether oxygens (including phenoxy) is 2. The molecule has 1 N–H and O–H groups in total. The van der Waals surface area contributed by atoms with Crippen molar-refractivity contribution >= 4 is 23.1 Å². The lowest BCUT2D eigenvalue weighted by Gasteiger charge is -2.09. The van der Waals surface area contributed by atoms with Gasteiger partial charge in [0, 0.05) is 24.1 Å². The molecule has 0 fully saturated rings. The summed E-state index contributed by atoms with van der Waals surface area (Å²) in [6.07, 6.45) is 1.69. The number of benzene rings is 3. The summed E-state index contributed by atoms with van der Waals surface area (Å²) in [7, 11) is 1.44. The SMILES string of the molecule is C=CC(=O)OCCc1ccc(N=Nc2cc(C(=O)c3ccccc3)c(O)cc2OC)cc1. The van der Waals surface area contributed by atoms with Crippen LogP contribution in [0.3, 0.4) is 0 Å². The lowest BCUT2D eigenvalue weighted by atomic mass is 10.0. The Balaban J connectivity index is 1.78. The topological polar surface area (TPSA) is 97.6 Å². The van der Waals surface area contributed by atoms with E-state index in [4.69, 9.17) is 9.47 Å². The van der Waals surface area contributed by atoms with Crippen molar-refractivity contribution in [2.45, 2.75) is 6.42 Å². The van der Waals surface area contributed by atoms with Crippen LogP contribution in [0.25, 0.3) is 0 Å². The van der Waals surface area contributed by atoms with Crippen LogP contribution in [-0.4, -0.2) is 30.6 Å². The summed E-state index contributed by atoms with van der Waals surface area (Å²) in [6, 6.07) is 18.7. The van der Waals surface area contributed by atoms with E-state index in [2.05, 4.69) is 16.8 Å². The molecule has 0 unspecified atom stereocenters. The monoisotopic (exact) mass is 430 g/mol. The van der Waals surface area contributed by atoms with Crippen LogP contribution in [0.1, 0.15) is 21.5 Å². The lowest BCUT2D eigenvalue weighted by Crippen LogP contribution is -2.04. The Bertz CT molecular complexity index is 1140. The van der Waals surface area contributed by atoms with Crippen molar-refractivity contribution in [3.8, 4) is 11.5 Å². The molecule has 0 aliphatic rings. The largest absolute Gasteiger partial charge is 0.507 e. The van der Waals surface area contributed by atoms with Gasteiger partial charge in [0.05, 0.1) is 25.0 Å². The van der Waals surface area contributed by atoms with Crippen LogP contribution in [0.2, 0.25) is 0 Å². The minimum Gasteiger partial charge on any atom is -0.507 e. The zero-order valence-electron chi connectivity index (χ0n) is 17.5. The first-order valence-electron chi connectivity index (χ1n) is 9.82. The van der Waals surface area contributed by atoms with Gasteiger partial charge in [-0.2, -0.15) is 5.11 Å². The van der Waals surface area contributed by atoms with E-state index in [0.717, 1.165) is 11.6 Å². The minimum atomic E-state index is -0.455. The number of hydrogen-bond donors (Lipinski definition) is 1. The van der Waals surface area contributed by atoms with Gasteiger partial charge in [-0.25, -0.2) is 4.79 Å². The van der Waals surface area contributed by atoms with Crippen LogP contribution in [-0.2, 0) is 16.0 Å². The molecular formula is C25H22N2O5. The molecule has 0 aliphatic heterocycles. The van der Waals surface area contributed by atoms with Gasteiger partial charge in [-0.05, 0) is 23.8 Å². The van der Waals surface area contributed by atoms with Crippen LogP contribution in [0.5, 0.6) is 11.5 Å². The fourth-order valence-electron chi connectivity index (χ4n) is 2.90. The Hall–Kier alpha value is -4.26. The van der Waals surface area contributed by atoms with Gasteiger partial charge in [0.15, 0.2) is 5.78 Å². The van der Waals surface area contributed by atoms with Gasteiger partial charge in [-0.1, -0.05) is 49.0 Å². The molecule has 0 amide bonds. The predicted octanol–water partition coefficient (Wildman–Crippen LogP) is 5.32. The highest BCUT2D eigenvalue weighted by molar-refractivity contribution is 6.11. The van der Waals surface area contributed by atoms with E-state index in [0.29, 0.717) is 23.4 Å². The van der Waals surface area contributed by atoms with Gasteiger partial charge in [0.1, 0.15) is 17.2 Å². The maximum Gasteiger partial charge on any atom is 0.330 e. The van der Waals surface area contributed by atoms with E-state index in [1.54, 1.807) is 36.4 Å². The third kappa shape index (κ3) is 5.66. The third-order valence-corrected chi connectivity index (χ3v) is 4.59. The number of phenolic OH excluding ortho intramolecular Hbond substituents is 1. The molecule has 7 nitrogen and oxygen atoms in total. The number of aromatic hydroxyl groups is 1. The van der Waals surface area contributed by atoms with E-state index in [9.17, 15) is 14.7 Å². The van der Waals surface area contributed by atoms with Crippen LogP contribution in [0.4, 0.5) is 11.4 Å². The minimum absolute atomic E-state index is 0.107. The number of ketones is 1. The fraction of sp³-hybridized carbons (Fsp3) is 0.120. The van der Waals surface area contributed by atoms with Crippen molar-refractivity contribution < 1.29 is 24.2 Å². The molecule has 3 aromatic carbocycles. The molecule has 32 heavy (non-hydrogen) atoms. The number of rotatable bonds is 9. The van der Waals surface area contributed by atoms with Gasteiger partial charge >= 0.3 is 5.97 Å². The number of nitrogens with zero attached hydrogens (tertiary/aromatic N) is 2. The van der Waals surface area contributed by atoms with Crippen molar-refractivity contribution in [2.75, 3.05) is 13.7 Å². The number of hydrogen-bond acceptors (Lipinski definition) is 7. The summed E-state index contributed by atoms with van der Waals surface area (Å²) in [4.78, 5) is 23.8. The molecule has 0 spiro atoms. The number of methoxy groups -OCH3 is 1. The molecular weight excluding hydrogens is 408 g/mol. The van der Waals surface area contributed by atoms with Crippen LogP contribution in [0, 0.1) is 0 Å². The highest BCUT2D eigenvalue weighted by atomic mass is 16.5. The first kappa shape index (κ1) is 22.4. The highest BCUT2D eigenvalue weighted by Crippen LogP contribution is 2.36. The Morgan fingerprint density at radius 3 is 2.41 bits per heavy atom. The normalized spacial score (nSPS) is 10.7. The van der Waals surface area contributed by atoms with Crippen molar-refractivity contribution in [3.63, 3.8) is 0 Å². The van der Waals surface area contributed by atoms with E-state index in [1.165, 1.54) is 19.2 Å². The summed E-state index contributed by atoms with van der Waals surface area (Å²) in [5.74, 6) is -0.695. The first-order valence-corrected chi connectivity index (χ1v) is 9.82. The molecule has 0 atom stereocenters. The lowest BCUT2D eigenvalue weighted by molar-refractivity contribution is -0.137. The van der Waals surface area contributed by atoms with Gasteiger partial charge < -0.3 is 14.6 Å². The molecule has 0 aromatic heterocycles. The predicted molar refractivity (Wildman–Crippen MR) is 120 cm³/mol. The Kier molecular flexibility index (Phi) is 7.48. The van der Waals surface area contributed by atoms with Gasteiger partial charge in [-0.3, -0.25) is 4.79 Å². The molecule has 7 heteroatoms. The second-order valence-corrected chi connectivity index (χ2v) is 6.72. The molecule has 0 radical (unpaired) electrons. The molecule has 0 saturated heterocycles. The molecule has 162 valence electrons. The standard InChI is InChI=1S/C25H22N2O5/c1-3-24(29)32-14-13-17-9-11-19(12-10-17)26-27-21-15-20(22(28)16-23(21)31-2)25(30)18-7-5-4-6-8-18/h3-12,15-16,28H,1,13-14H2,2H3. The summed E-state index contributed by atoms with van der Waals surface area (Å²) in [5, 5.41) is 18.7. The van der Waals surface area contributed by atoms with Gasteiger partial charge in [0.25, 0.3) is 0 Å². The van der Waals surface area contributed by atoms with Crippen molar-refractivity contribution in [1.29, 1.82) is 0 Å². The van der Waals surface area contributed by atoms with E-state index in [-0.39, 0.29) is 29.5 Å². The number of azo groups is 1. The third-order valence-electron chi connectivity index (χ3n) is 4.59. The Morgan fingerprint density at radius 1 is 1.03 bits per heavy atom. The van der Waals surface area contributed by atoms with Crippen molar-refractivity contribution in [3.05, 3.63) is 96.1 Å².